The largest absolute Gasteiger partial charge is 0.379 e. The number of nitrogens with zero attached hydrogens (tertiary/aromatic N) is 1. The fourth-order valence-electron chi connectivity index (χ4n) is 1.40. The predicted octanol–water partition coefficient (Wildman–Crippen LogP) is 1.26. The van der Waals surface area contributed by atoms with Gasteiger partial charge < -0.3 is 15.0 Å². The van der Waals surface area contributed by atoms with Crippen molar-refractivity contribution < 1.29 is 9.53 Å². The van der Waals surface area contributed by atoms with E-state index in [1.807, 2.05) is 7.05 Å². The molecule has 0 bridgehead atoms. The van der Waals surface area contributed by atoms with Crippen LogP contribution in [0.15, 0.2) is 0 Å². The lowest BCUT2D eigenvalue weighted by atomic mass is 10.2. The molecule has 0 spiro atoms. The van der Waals surface area contributed by atoms with Gasteiger partial charge in [0.2, 0.25) is 5.91 Å². The maximum Gasteiger partial charge on any atom is 0.236 e. The van der Waals surface area contributed by atoms with Crippen molar-refractivity contribution in [3.8, 4) is 0 Å². The highest BCUT2D eigenvalue weighted by Crippen LogP contribution is 2.28. The third-order valence-electron chi connectivity index (χ3n) is 3.26. The smallest absolute Gasteiger partial charge is 0.236 e. The summed E-state index contributed by atoms with van der Waals surface area (Å²) in [5, 5.41) is 3.20. The Labute approximate surface area is 105 Å². The molecule has 1 aliphatic carbocycles. The highest BCUT2D eigenvalue weighted by molar-refractivity contribution is 5.77. The molecule has 0 radical (unpaired) electrons. The second kappa shape index (κ2) is 7.67. The van der Waals surface area contributed by atoms with Gasteiger partial charge in [-0.15, -0.1) is 0 Å². The summed E-state index contributed by atoms with van der Waals surface area (Å²) in [6, 6.07) is 0.401. The van der Waals surface area contributed by atoms with Crippen LogP contribution in [0.2, 0.25) is 0 Å². The van der Waals surface area contributed by atoms with Gasteiger partial charge in [-0.05, 0) is 32.1 Å². The van der Waals surface area contributed by atoms with Crippen molar-refractivity contribution in [2.45, 2.75) is 39.2 Å². The quantitative estimate of drug-likeness (QED) is 0.619. The maximum absolute atomic E-state index is 11.7. The van der Waals surface area contributed by atoms with Gasteiger partial charge in [-0.2, -0.15) is 0 Å². The molecule has 1 atom stereocenters. The number of hydrogen-bond acceptors (Lipinski definition) is 3. The van der Waals surface area contributed by atoms with Gasteiger partial charge in [-0.25, -0.2) is 0 Å². The maximum atomic E-state index is 11.7. The van der Waals surface area contributed by atoms with Crippen molar-refractivity contribution in [1.82, 2.24) is 10.2 Å². The van der Waals surface area contributed by atoms with Crippen LogP contribution in [0.25, 0.3) is 0 Å². The van der Waals surface area contributed by atoms with Crippen LogP contribution in [0, 0.1) is 5.92 Å². The summed E-state index contributed by atoms with van der Waals surface area (Å²) in [7, 11) is 1.83. The number of carbonyl (C=O) groups is 1. The first kappa shape index (κ1) is 14.5. The first-order valence-corrected chi connectivity index (χ1v) is 6.68. The molecule has 0 saturated heterocycles. The van der Waals surface area contributed by atoms with E-state index in [2.05, 4.69) is 19.2 Å². The number of hydrogen-bond donors (Lipinski definition) is 1. The standard InChI is InChI=1S/C13H26N2O2/c1-4-11(2)14-9-13(16)15(3)7-8-17-10-12-5-6-12/h11-12,14H,4-10H2,1-3H3. The van der Waals surface area contributed by atoms with E-state index < -0.39 is 0 Å². The van der Waals surface area contributed by atoms with Crippen LogP contribution in [-0.2, 0) is 9.53 Å². The molecule has 1 saturated carbocycles. The predicted molar refractivity (Wildman–Crippen MR) is 68.9 cm³/mol. The number of ether oxygens (including phenoxy) is 1. The second-order valence-electron chi connectivity index (χ2n) is 5.02. The third kappa shape index (κ3) is 6.64. The minimum atomic E-state index is 0.139. The van der Waals surface area contributed by atoms with Gasteiger partial charge in [0, 0.05) is 26.2 Å². The number of likely N-dealkylation sites (N-methyl/N-ethyl adjacent to an activating group) is 1. The molecule has 1 aliphatic rings. The fraction of sp³-hybridized carbons (Fsp3) is 0.923. The molecule has 1 fully saturated rings. The summed E-state index contributed by atoms with van der Waals surface area (Å²) < 4.78 is 5.51. The Balaban J connectivity index is 2.00. The number of nitrogens with one attached hydrogen (secondary N) is 1. The van der Waals surface area contributed by atoms with E-state index in [9.17, 15) is 4.79 Å². The van der Waals surface area contributed by atoms with Crippen LogP contribution in [0.3, 0.4) is 0 Å². The molecule has 100 valence electrons. The monoisotopic (exact) mass is 242 g/mol. The Morgan fingerprint density at radius 1 is 1.53 bits per heavy atom. The molecule has 4 nitrogen and oxygen atoms in total. The van der Waals surface area contributed by atoms with E-state index in [1.165, 1.54) is 12.8 Å². The molecule has 0 aromatic carbocycles. The second-order valence-corrected chi connectivity index (χ2v) is 5.02. The van der Waals surface area contributed by atoms with Gasteiger partial charge >= 0.3 is 0 Å². The minimum Gasteiger partial charge on any atom is -0.379 e. The van der Waals surface area contributed by atoms with Crippen LogP contribution in [0.4, 0.5) is 0 Å². The third-order valence-corrected chi connectivity index (χ3v) is 3.26. The van der Waals surface area contributed by atoms with Gasteiger partial charge in [0.1, 0.15) is 0 Å². The van der Waals surface area contributed by atoms with E-state index >= 15 is 0 Å². The molecule has 0 aromatic rings. The zero-order valence-corrected chi connectivity index (χ0v) is 11.4. The van der Waals surface area contributed by atoms with E-state index in [0.29, 0.717) is 25.7 Å². The molecule has 17 heavy (non-hydrogen) atoms. The van der Waals surface area contributed by atoms with Gasteiger partial charge in [0.25, 0.3) is 0 Å². The Morgan fingerprint density at radius 2 is 2.24 bits per heavy atom. The van der Waals surface area contributed by atoms with Crippen molar-refractivity contribution in [3.63, 3.8) is 0 Å². The van der Waals surface area contributed by atoms with E-state index in [4.69, 9.17) is 4.74 Å². The Kier molecular flexibility index (Phi) is 6.52. The summed E-state index contributed by atoms with van der Waals surface area (Å²) in [6.07, 6.45) is 3.67. The van der Waals surface area contributed by atoms with Crippen LogP contribution in [0.5, 0.6) is 0 Å². The summed E-state index contributed by atoms with van der Waals surface area (Å²) in [5.74, 6) is 0.934. The first-order chi connectivity index (χ1) is 8.13. The molecule has 1 unspecified atom stereocenters. The molecule has 0 heterocycles. The topological polar surface area (TPSA) is 41.6 Å². The molecular weight excluding hydrogens is 216 g/mol. The zero-order valence-electron chi connectivity index (χ0n) is 11.4. The van der Waals surface area contributed by atoms with Crippen molar-refractivity contribution in [2.75, 3.05) is 33.4 Å². The highest BCUT2D eigenvalue weighted by Gasteiger charge is 2.21. The summed E-state index contributed by atoms with van der Waals surface area (Å²) in [6.45, 7) is 6.83. The SMILES string of the molecule is CCC(C)NCC(=O)N(C)CCOCC1CC1. The van der Waals surface area contributed by atoms with Crippen molar-refractivity contribution in [2.24, 2.45) is 5.92 Å². The van der Waals surface area contributed by atoms with Crippen molar-refractivity contribution in [1.29, 1.82) is 0 Å². The van der Waals surface area contributed by atoms with Crippen LogP contribution in [0.1, 0.15) is 33.1 Å². The average Bonchev–Trinajstić information content (AvgIpc) is 3.14. The zero-order chi connectivity index (χ0) is 12.7. The summed E-state index contributed by atoms with van der Waals surface area (Å²) in [4.78, 5) is 13.5. The van der Waals surface area contributed by atoms with E-state index in [0.717, 1.165) is 18.9 Å². The summed E-state index contributed by atoms with van der Waals surface area (Å²) >= 11 is 0. The van der Waals surface area contributed by atoms with Crippen LogP contribution < -0.4 is 5.32 Å². The lowest BCUT2D eigenvalue weighted by Crippen LogP contribution is -2.40. The normalized spacial score (nSPS) is 16.9. The summed E-state index contributed by atoms with van der Waals surface area (Å²) in [5.41, 5.74) is 0. The lowest BCUT2D eigenvalue weighted by Gasteiger charge is -2.19. The Bertz CT molecular complexity index is 229. The highest BCUT2D eigenvalue weighted by atomic mass is 16.5. The van der Waals surface area contributed by atoms with Crippen LogP contribution in [-0.4, -0.2) is 50.2 Å². The number of amides is 1. The molecule has 4 heteroatoms. The molecule has 1 N–H and O–H groups in total. The minimum absolute atomic E-state index is 0.139. The Hall–Kier alpha value is -0.610. The van der Waals surface area contributed by atoms with Crippen molar-refractivity contribution in [3.05, 3.63) is 0 Å². The van der Waals surface area contributed by atoms with Gasteiger partial charge in [-0.1, -0.05) is 6.92 Å². The molecular formula is C13H26N2O2. The first-order valence-electron chi connectivity index (χ1n) is 6.68. The van der Waals surface area contributed by atoms with E-state index in [-0.39, 0.29) is 5.91 Å². The lowest BCUT2D eigenvalue weighted by molar-refractivity contribution is -0.129. The van der Waals surface area contributed by atoms with Gasteiger partial charge in [-0.3, -0.25) is 4.79 Å². The van der Waals surface area contributed by atoms with Gasteiger partial charge in [0.15, 0.2) is 0 Å². The molecule has 0 aromatic heterocycles. The van der Waals surface area contributed by atoms with Crippen LogP contribution >= 0.6 is 0 Å². The molecule has 0 aliphatic heterocycles. The Morgan fingerprint density at radius 3 is 2.82 bits per heavy atom. The molecule has 1 amide bonds. The van der Waals surface area contributed by atoms with Gasteiger partial charge in [0.05, 0.1) is 13.2 Å². The number of rotatable bonds is 9. The number of carbonyl (C=O) groups excluding carboxylic acids is 1. The fourth-order valence-corrected chi connectivity index (χ4v) is 1.40. The molecule has 1 rings (SSSR count). The average molecular weight is 242 g/mol. The van der Waals surface area contributed by atoms with Crippen molar-refractivity contribution >= 4 is 5.91 Å². The van der Waals surface area contributed by atoms with E-state index in [1.54, 1.807) is 4.90 Å².